The van der Waals surface area contributed by atoms with Crippen LogP contribution in [-0.2, 0) is 10.2 Å². The molecule has 2 N–H and O–H groups in total. The SMILES string of the molecule is CC1(C(=O)O)CCN(C(=O)NCC2(c3ccccc3Cl)CC2)C1. The first-order valence-electron chi connectivity index (χ1n) is 7.88. The highest BCUT2D eigenvalue weighted by Crippen LogP contribution is 2.49. The van der Waals surface area contributed by atoms with Crippen molar-refractivity contribution in [3.8, 4) is 0 Å². The molecule has 2 aliphatic rings. The van der Waals surface area contributed by atoms with E-state index >= 15 is 0 Å². The molecule has 6 heteroatoms. The number of amides is 2. The zero-order valence-electron chi connectivity index (χ0n) is 13.1. The van der Waals surface area contributed by atoms with Crippen LogP contribution in [0.2, 0.25) is 5.02 Å². The van der Waals surface area contributed by atoms with Crippen LogP contribution < -0.4 is 5.32 Å². The summed E-state index contributed by atoms with van der Waals surface area (Å²) in [6.07, 6.45) is 2.50. The average molecular weight is 337 g/mol. The summed E-state index contributed by atoms with van der Waals surface area (Å²) in [4.78, 5) is 25.2. The monoisotopic (exact) mass is 336 g/mol. The number of nitrogens with zero attached hydrogens (tertiary/aromatic N) is 1. The number of likely N-dealkylation sites (tertiary alicyclic amines) is 1. The van der Waals surface area contributed by atoms with Crippen molar-refractivity contribution in [3.05, 3.63) is 34.9 Å². The van der Waals surface area contributed by atoms with Gasteiger partial charge in [-0.3, -0.25) is 4.79 Å². The van der Waals surface area contributed by atoms with Gasteiger partial charge in [0.2, 0.25) is 0 Å². The lowest BCUT2D eigenvalue weighted by molar-refractivity contribution is -0.146. The molecule has 1 aliphatic heterocycles. The van der Waals surface area contributed by atoms with Crippen LogP contribution in [0.5, 0.6) is 0 Å². The first-order valence-corrected chi connectivity index (χ1v) is 8.25. The molecule has 0 bridgehead atoms. The molecule has 1 aliphatic carbocycles. The number of carbonyl (C=O) groups is 2. The molecule has 2 fully saturated rings. The molecule has 1 unspecified atom stereocenters. The van der Waals surface area contributed by atoms with Gasteiger partial charge in [0.25, 0.3) is 0 Å². The molecule has 1 saturated heterocycles. The highest BCUT2D eigenvalue weighted by atomic mass is 35.5. The number of hydrogen-bond acceptors (Lipinski definition) is 2. The van der Waals surface area contributed by atoms with E-state index < -0.39 is 11.4 Å². The van der Waals surface area contributed by atoms with Crippen LogP contribution in [0.25, 0.3) is 0 Å². The van der Waals surface area contributed by atoms with Gasteiger partial charge in [-0.05, 0) is 37.8 Å². The number of urea groups is 1. The van der Waals surface area contributed by atoms with Crippen molar-refractivity contribution in [2.75, 3.05) is 19.6 Å². The van der Waals surface area contributed by atoms with E-state index in [-0.39, 0.29) is 18.0 Å². The average Bonchev–Trinajstić information content (AvgIpc) is 3.20. The van der Waals surface area contributed by atoms with E-state index in [2.05, 4.69) is 5.32 Å². The Bertz CT molecular complexity index is 644. The topological polar surface area (TPSA) is 69.6 Å². The van der Waals surface area contributed by atoms with Crippen LogP contribution in [0.15, 0.2) is 24.3 Å². The molecule has 1 heterocycles. The maximum absolute atomic E-state index is 12.3. The van der Waals surface area contributed by atoms with Crippen LogP contribution in [0.1, 0.15) is 31.7 Å². The molecule has 1 aromatic rings. The number of hydrogen-bond donors (Lipinski definition) is 2. The van der Waals surface area contributed by atoms with E-state index in [0.29, 0.717) is 19.5 Å². The van der Waals surface area contributed by atoms with E-state index in [1.807, 2.05) is 24.3 Å². The maximum Gasteiger partial charge on any atom is 0.317 e. The van der Waals surface area contributed by atoms with Crippen LogP contribution in [-0.4, -0.2) is 41.6 Å². The van der Waals surface area contributed by atoms with Gasteiger partial charge >= 0.3 is 12.0 Å². The van der Waals surface area contributed by atoms with Gasteiger partial charge in [0.05, 0.1) is 5.41 Å². The van der Waals surface area contributed by atoms with E-state index in [1.165, 1.54) is 0 Å². The lowest BCUT2D eigenvalue weighted by Crippen LogP contribution is -2.43. The predicted molar refractivity (Wildman–Crippen MR) is 87.7 cm³/mol. The Morgan fingerprint density at radius 1 is 1.30 bits per heavy atom. The summed E-state index contributed by atoms with van der Waals surface area (Å²) >= 11 is 6.28. The van der Waals surface area contributed by atoms with Gasteiger partial charge < -0.3 is 15.3 Å². The molecule has 0 aromatic heterocycles. The Hall–Kier alpha value is -1.75. The summed E-state index contributed by atoms with van der Waals surface area (Å²) in [5.74, 6) is -0.845. The van der Waals surface area contributed by atoms with Crippen molar-refractivity contribution in [1.82, 2.24) is 10.2 Å². The fourth-order valence-corrected chi connectivity index (χ4v) is 3.59. The Morgan fingerprint density at radius 3 is 2.57 bits per heavy atom. The maximum atomic E-state index is 12.3. The predicted octanol–water partition coefficient (Wildman–Crippen LogP) is 2.88. The summed E-state index contributed by atoms with van der Waals surface area (Å²) in [5, 5.41) is 12.9. The van der Waals surface area contributed by atoms with Gasteiger partial charge in [-0.2, -0.15) is 0 Å². The number of carboxylic acids is 1. The van der Waals surface area contributed by atoms with Crippen molar-refractivity contribution in [1.29, 1.82) is 0 Å². The molecule has 3 rings (SSSR count). The van der Waals surface area contributed by atoms with Crippen molar-refractivity contribution in [2.24, 2.45) is 5.41 Å². The van der Waals surface area contributed by atoms with Gasteiger partial charge in [0, 0.05) is 30.1 Å². The van der Waals surface area contributed by atoms with Crippen LogP contribution in [0.4, 0.5) is 4.79 Å². The molecular formula is C17H21ClN2O3. The Labute approximate surface area is 140 Å². The minimum absolute atomic E-state index is 0.0656. The highest BCUT2D eigenvalue weighted by molar-refractivity contribution is 6.31. The van der Waals surface area contributed by atoms with Crippen LogP contribution in [0, 0.1) is 5.41 Å². The minimum atomic E-state index is -0.845. The molecule has 124 valence electrons. The first-order chi connectivity index (χ1) is 10.9. The van der Waals surface area contributed by atoms with E-state index in [4.69, 9.17) is 11.6 Å². The largest absolute Gasteiger partial charge is 0.481 e. The molecule has 0 radical (unpaired) electrons. The molecule has 0 spiro atoms. The second-order valence-electron chi connectivity index (χ2n) is 6.96. The molecule has 1 atom stereocenters. The quantitative estimate of drug-likeness (QED) is 0.888. The van der Waals surface area contributed by atoms with E-state index in [0.717, 1.165) is 23.4 Å². The summed E-state index contributed by atoms with van der Waals surface area (Å²) in [7, 11) is 0. The second kappa shape index (κ2) is 5.71. The summed E-state index contributed by atoms with van der Waals surface area (Å²) < 4.78 is 0. The smallest absolute Gasteiger partial charge is 0.317 e. The van der Waals surface area contributed by atoms with Gasteiger partial charge in [0.1, 0.15) is 0 Å². The number of nitrogens with one attached hydrogen (secondary N) is 1. The summed E-state index contributed by atoms with van der Waals surface area (Å²) in [5.41, 5.74) is 0.181. The zero-order chi connectivity index (χ0) is 16.7. The van der Waals surface area contributed by atoms with Gasteiger partial charge in [-0.25, -0.2) is 4.79 Å². The number of rotatable bonds is 4. The van der Waals surface area contributed by atoms with Gasteiger partial charge in [-0.1, -0.05) is 29.8 Å². The third kappa shape index (κ3) is 3.02. The van der Waals surface area contributed by atoms with Gasteiger partial charge in [-0.15, -0.1) is 0 Å². The summed E-state index contributed by atoms with van der Waals surface area (Å²) in [6.45, 7) is 2.96. The van der Waals surface area contributed by atoms with Crippen molar-refractivity contribution < 1.29 is 14.7 Å². The third-order valence-corrected chi connectivity index (χ3v) is 5.48. The fraction of sp³-hybridized carbons (Fsp3) is 0.529. The Kier molecular flexibility index (Phi) is 4.00. The summed E-state index contributed by atoms with van der Waals surface area (Å²) in [6, 6.07) is 7.56. The fourth-order valence-electron chi connectivity index (χ4n) is 3.25. The number of halogens is 1. The lowest BCUT2D eigenvalue weighted by atomic mass is 9.90. The third-order valence-electron chi connectivity index (χ3n) is 5.15. The van der Waals surface area contributed by atoms with Crippen LogP contribution in [0.3, 0.4) is 0 Å². The molecule has 1 aromatic carbocycles. The molecular weight excluding hydrogens is 316 g/mol. The Balaban J connectivity index is 1.60. The van der Waals surface area contributed by atoms with Crippen LogP contribution >= 0.6 is 11.6 Å². The highest BCUT2D eigenvalue weighted by Gasteiger charge is 2.47. The van der Waals surface area contributed by atoms with Crippen molar-refractivity contribution in [3.63, 3.8) is 0 Å². The molecule has 5 nitrogen and oxygen atoms in total. The molecule has 1 saturated carbocycles. The lowest BCUT2D eigenvalue weighted by Gasteiger charge is -2.23. The molecule has 23 heavy (non-hydrogen) atoms. The first kappa shape index (κ1) is 16.1. The second-order valence-corrected chi connectivity index (χ2v) is 7.36. The number of benzene rings is 1. The number of aliphatic carboxylic acids is 1. The van der Waals surface area contributed by atoms with Gasteiger partial charge in [0.15, 0.2) is 0 Å². The van der Waals surface area contributed by atoms with Crippen molar-refractivity contribution in [2.45, 2.75) is 31.6 Å². The Morgan fingerprint density at radius 2 is 2.00 bits per heavy atom. The number of carbonyl (C=O) groups excluding carboxylic acids is 1. The normalized spacial score (nSPS) is 25.2. The standard InChI is InChI=1S/C17H21ClN2O3/c1-16(14(21)22)8-9-20(11-16)15(23)19-10-17(6-7-17)12-4-2-3-5-13(12)18/h2-5H,6-11H2,1H3,(H,19,23)(H,21,22). The molecule has 2 amide bonds. The number of carboxylic acid groups (broad SMARTS) is 1. The van der Waals surface area contributed by atoms with E-state index in [9.17, 15) is 14.7 Å². The minimum Gasteiger partial charge on any atom is -0.481 e. The van der Waals surface area contributed by atoms with Crippen molar-refractivity contribution >= 4 is 23.6 Å². The van der Waals surface area contributed by atoms with E-state index in [1.54, 1.807) is 11.8 Å². The zero-order valence-corrected chi connectivity index (χ0v) is 13.9.